The Balaban J connectivity index is 1.60. The molecule has 1 spiro atoms. The van der Waals surface area contributed by atoms with E-state index < -0.39 is 11.4 Å². The Bertz CT molecular complexity index is 955. The molecular formula is C21H25FN4O3. The van der Waals surface area contributed by atoms with Crippen LogP contribution in [0.4, 0.5) is 9.18 Å². The number of piperidine rings is 1. The molecule has 29 heavy (non-hydrogen) atoms. The Morgan fingerprint density at radius 2 is 2.00 bits per heavy atom. The molecule has 2 aromatic rings. The average molecular weight is 400 g/mol. The van der Waals surface area contributed by atoms with Crippen LogP contribution in [0.5, 0.6) is 0 Å². The summed E-state index contributed by atoms with van der Waals surface area (Å²) in [5, 5.41) is 2.96. The number of ether oxygens (including phenoxy) is 1. The summed E-state index contributed by atoms with van der Waals surface area (Å²) in [6, 6.07) is 3.28. The van der Waals surface area contributed by atoms with Crippen LogP contribution in [0.1, 0.15) is 49.7 Å². The van der Waals surface area contributed by atoms with Crippen molar-refractivity contribution in [3.8, 4) is 11.3 Å². The molecule has 0 radical (unpaired) electrons. The van der Waals surface area contributed by atoms with Crippen LogP contribution in [0.2, 0.25) is 0 Å². The number of pyridine rings is 1. The summed E-state index contributed by atoms with van der Waals surface area (Å²) in [6.45, 7) is 7.08. The summed E-state index contributed by atoms with van der Waals surface area (Å²) >= 11 is 0. The number of nitrogens with one attached hydrogen (secondary N) is 2. The minimum atomic E-state index is -0.541. The molecule has 7 nitrogen and oxygen atoms in total. The van der Waals surface area contributed by atoms with Crippen molar-refractivity contribution in [3.05, 3.63) is 41.6 Å². The highest BCUT2D eigenvalue weighted by molar-refractivity contribution is 5.98. The van der Waals surface area contributed by atoms with E-state index >= 15 is 0 Å². The minimum absolute atomic E-state index is 0.169. The van der Waals surface area contributed by atoms with Gasteiger partial charge < -0.3 is 19.9 Å². The number of hydrogen-bond acceptors (Lipinski definition) is 4. The number of aromatic amines is 1. The zero-order valence-electron chi connectivity index (χ0n) is 16.8. The van der Waals surface area contributed by atoms with Gasteiger partial charge >= 0.3 is 6.09 Å². The number of amides is 2. The number of aromatic nitrogens is 2. The molecule has 2 aromatic heterocycles. The van der Waals surface area contributed by atoms with E-state index in [2.05, 4.69) is 15.3 Å². The molecule has 2 aliphatic heterocycles. The summed E-state index contributed by atoms with van der Waals surface area (Å²) in [6.07, 6.45) is 3.72. The van der Waals surface area contributed by atoms with Crippen LogP contribution in [0.25, 0.3) is 11.3 Å². The molecule has 4 heterocycles. The molecular weight excluding hydrogens is 375 g/mol. The molecule has 154 valence electrons. The van der Waals surface area contributed by atoms with E-state index in [1.165, 1.54) is 6.20 Å². The maximum absolute atomic E-state index is 14.2. The van der Waals surface area contributed by atoms with Gasteiger partial charge in [0.25, 0.3) is 5.91 Å². The molecule has 2 aliphatic rings. The second-order valence-electron chi connectivity index (χ2n) is 8.76. The third-order valence-electron chi connectivity index (χ3n) is 5.61. The van der Waals surface area contributed by atoms with E-state index in [4.69, 9.17) is 4.74 Å². The molecule has 1 fully saturated rings. The summed E-state index contributed by atoms with van der Waals surface area (Å²) < 4.78 is 19.7. The number of hydrogen-bond donors (Lipinski definition) is 2. The zero-order valence-corrected chi connectivity index (χ0v) is 16.8. The highest BCUT2D eigenvalue weighted by atomic mass is 19.1. The predicted octanol–water partition coefficient (Wildman–Crippen LogP) is 3.23. The van der Waals surface area contributed by atoms with E-state index in [1.807, 2.05) is 20.8 Å². The first-order valence-electron chi connectivity index (χ1n) is 9.78. The van der Waals surface area contributed by atoms with E-state index in [9.17, 15) is 14.0 Å². The number of carbonyl (C=O) groups excluding carboxylic acids is 2. The van der Waals surface area contributed by atoms with E-state index in [-0.39, 0.29) is 17.4 Å². The lowest BCUT2D eigenvalue weighted by Crippen LogP contribution is -2.54. The number of likely N-dealkylation sites (tertiary alicyclic amines) is 1. The van der Waals surface area contributed by atoms with Crippen molar-refractivity contribution in [2.24, 2.45) is 0 Å². The van der Waals surface area contributed by atoms with Crippen molar-refractivity contribution < 1.29 is 18.7 Å². The summed E-state index contributed by atoms with van der Waals surface area (Å²) in [5.41, 5.74) is 1.43. The molecule has 4 rings (SSSR count). The van der Waals surface area contributed by atoms with Gasteiger partial charge in [-0.3, -0.25) is 9.78 Å². The number of halogens is 1. The van der Waals surface area contributed by atoms with Crippen LogP contribution in [0.3, 0.4) is 0 Å². The Labute approximate surface area is 168 Å². The van der Waals surface area contributed by atoms with Crippen molar-refractivity contribution in [2.75, 3.05) is 19.6 Å². The predicted molar refractivity (Wildman–Crippen MR) is 105 cm³/mol. The molecule has 2 N–H and O–H groups in total. The number of fused-ring (bicyclic) bond motifs is 2. The van der Waals surface area contributed by atoms with E-state index in [0.717, 1.165) is 11.9 Å². The molecule has 0 unspecified atom stereocenters. The second-order valence-corrected chi connectivity index (χ2v) is 8.76. The van der Waals surface area contributed by atoms with Gasteiger partial charge in [0.15, 0.2) is 5.82 Å². The van der Waals surface area contributed by atoms with Crippen molar-refractivity contribution in [2.45, 2.75) is 44.6 Å². The zero-order chi connectivity index (χ0) is 20.8. The van der Waals surface area contributed by atoms with Crippen molar-refractivity contribution in [3.63, 3.8) is 0 Å². The molecule has 1 saturated heterocycles. The third-order valence-corrected chi connectivity index (χ3v) is 5.61. The van der Waals surface area contributed by atoms with Crippen LogP contribution in [0.15, 0.2) is 24.5 Å². The van der Waals surface area contributed by atoms with Crippen LogP contribution in [-0.4, -0.2) is 52.1 Å². The second kappa shape index (κ2) is 6.86. The third kappa shape index (κ3) is 3.59. The fourth-order valence-electron chi connectivity index (χ4n) is 4.09. The van der Waals surface area contributed by atoms with Gasteiger partial charge in [-0.25, -0.2) is 9.18 Å². The normalized spacial score (nSPS) is 18.3. The standard InChI is InChI=1S/C21H25FN4O3/c1-20(2,3)29-19(28)26-8-5-21(6-9-26)12-24-18(27)14-10-16(25-17(14)21)13-4-7-23-11-15(13)22/h4,7,10-11,25H,5-6,8-9,12H2,1-3H3,(H,24,27). The molecule has 0 bridgehead atoms. The first-order chi connectivity index (χ1) is 13.7. The van der Waals surface area contributed by atoms with Gasteiger partial charge in [0.1, 0.15) is 5.60 Å². The van der Waals surface area contributed by atoms with E-state index in [1.54, 1.807) is 17.0 Å². The quantitative estimate of drug-likeness (QED) is 0.769. The maximum atomic E-state index is 14.2. The van der Waals surface area contributed by atoms with Gasteiger partial charge in [-0.2, -0.15) is 0 Å². The fraction of sp³-hybridized carbons (Fsp3) is 0.476. The molecule has 8 heteroatoms. The Morgan fingerprint density at radius 1 is 1.28 bits per heavy atom. The van der Waals surface area contributed by atoms with Crippen LogP contribution in [-0.2, 0) is 10.2 Å². The average Bonchev–Trinajstić information content (AvgIpc) is 3.11. The molecule has 0 aromatic carbocycles. The monoisotopic (exact) mass is 400 g/mol. The lowest BCUT2D eigenvalue weighted by Gasteiger charge is -2.43. The molecule has 0 aliphatic carbocycles. The summed E-state index contributed by atoms with van der Waals surface area (Å²) in [5.74, 6) is -0.613. The topological polar surface area (TPSA) is 87.3 Å². The first-order valence-corrected chi connectivity index (χ1v) is 9.78. The van der Waals surface area contributed by atoms with Gasteiger partial charge in [-0.05, 0) is 45.7 Å². The van der Waals surface area contributed by atoms with Crippen LogP contribution < -0.4 is 5.32 Å². The van der Waals surface area contributed by atoms with Gasteiger partial charge in [0.2, 0.25) is 0 Å². The van der Waals surface area contributed by atoms with Crippen molar-refractivity contribution >= 4 is 12.0 Å². The fourth-order valence-corrected chi connectivity index (χ4v) is 4.09. The van der Waals surface area contributed by atoms with Gasteiger partial charge in [-0.15, -0.1) is 0 Å². The summed E-state index contributed by atoms with van der Waals surface area (Å²) in [4.78, 5) is 33.6. The van der Waals surface area contributed by atoms with E-state index in [0.29, 0.717) is 49.3 Å². The smallest absolute Gasteiger partial charge is 0.410 e. The Hall–Kier alpha value is -2.90. The van der Waals surface area contributed by atoms with Gasteiger partial charge in [-0.1, -0.05) is 0 Å². The number of nitrogens with zero attached hydrogens (tertiary/aromatic N) is 2. The van der Waals surface area contributed by atoms with Crippen LogP contribution in [0, 0.1) is 5.82 Å². The van der Waals surface area contributed by atoms with Gasteiger partial charge in [0, 0.05) is 48.2 Å². The Morgan fingerprint density at radius 3 is 2.66 bits per heavy atom. The largest absolute Gasteiger partial charge is 0.444 e. The lowest BCUT2D eigenvalue weighted by atomic mass is 9.72. The highest BCUT2D eigenvalue weighted by Gasteiger charge is 2.44. The molecule has 2 amide bonds. The lowest BCUT2D eigenvalue weighted by molar-refractivity contribution is 0.0156. The van der Waals surface area contributed by atoms with Crippen molar-refractivity contribution in [1.29, 1.82) is 0 Å². The van der Waals surface area contributed by atoms with Crippen LogP contribution >= 0.6 is 0 Å². The number of H-pyrrole nitrogens is 1. The minimum Gasteiger partial charge on any atom is -0.444 e. The first kappa shape index (κ1) is 19.4. The van der Waals surface area contributed by atoms with Gasteiger partial charge in [0.05, 0.1) is 11.8 Å². The molecule has 0 saturated carbocycles. The number of rotatable bonds is 1. The SMILES string of the molecule is CC(C)(C)OC(=O)N1CCC2(CC1)CNC(=O)c1cc(-c3ccncc3F)[nH]c12. The highest BCUT2D eigenvalue weighted by Crippen LogP contribution is 2.40. The van der Waals surface area contributed by atoms with Crippen molar-refractivity contribution in [1.82, 2.24) is 20.2 Å². The molecule has 0 atom stereocenters. The Kier molecular flexibility index (Phi) is 4.59. The maximum Gasteiger partial charge on any atom is 0.410 e. The summed E-state index contributed by atoms with van der Waals surface area (Å²) in [7, 11) is 0. The number of carbonyl (C=O) groups is 2.